The van der Waals surface area contributed by atoms with Crippen molar-refractivity contribution >= 4 is 24.1 Å². The Kier molecular flexibility index (Phi) is 7.36. The molecule has 1 atom stereocenters. The van der Waals surface area contributed by atoms with Crippen molar-refractivity contribution in [3.63, 3.8) is 0 Å². The van der Waals surface area contributed by atoms with Gasteiger partial charge in [0, 0.05) is 6.42 Å². The molecule has 1 amide bonds. The van der Waals surface area contributed by atoms with E-state index >= 15 is 0 Å². The number of hydrogen-bond acceptors (Lipinski definition) is 7. The van der Waals surface area contributed by atoms with Gasteiger partial charge in [-0.3, -0.25) is 9.63 Å². The quantitative estimate of drug-likeness (QED) is 0.321. The average molecular weight is 331 g/mol. The third-order valence-electron chi connectivity index (χ3n) is 2.22. The fraction of sp³-hybridized carbons (Fsp3) is 0.733. The van der Waals surface area contributed by atoms with E-state index in [1.54, 1.807) is 41.5 Å². The van der Waals surface area contributed by atoms with E-state index in [1.165, 1.54) is 0 Å². The van der Waals surface area contributed by atoms with Crippen molar-refractivity contribution in [2.45, 2.75) is 65.2 Å². The van der Waals surface area contributed by atoms with Crippen molar-refractivity contribution in [1.29, 1.82) is 0 Å². The molecule has 0 spiro atoms. The number of carbonyl (C=O) groups is 4. The number of hydrogen-bond donors (Lipinski definition) is 0. The molecule has 0 saturated heterocycles. The Hall–Kier alpha value is -1.96. The van der Waals surface area contributed by atoms with Gasteiger partial charge in [-0.15, -0.1) is 0 Å². The van der Waals surface area contributed by atoms with Crippen molar-refractivity contribution in [3.05, 3.63) is 0 Å². The molecule has 23 heavy (non-hydrogen) atoms. The maximum Gasteiger partial charge on any atom is 0.399 e. The molecule has 0 aliphatic heterocycles. The third kappa shape index (κ3) is 7.73. The number of methoxy groups -OCH3 is 1. The monoisotopic (exact) mass is 331 g/mol. The highest BCUT2D eigenvalue weighted by Gasteiger charge is 2.39. The Morgan fingerprint density at radius 1 is 1.04 bits per heavy atom. The number of amides is 1. The molecular weight excluding hydrogens is 306 g/mol. The first-order valence-corrected chi connectivity index (χ1v) is 7.09. The van der Waals surface area contributed by atoms with Gasteiger partial charge in [-0.2, -0.15) is 5.06 Å². The molecule has 0 fully saturated rings. The van der Waals surface area contributed by atoms with Crippen LogP contribution in [-0.4, -0.2) is 53.5 Å². The number of esters is 2. The van der Waals surface area contributed by atoms with E-state index in [-0.39, 0.29) is 6.42 Å². The molecule has 8 heteroatoms. The predicted octanol–water partition coefficient (Wildman–Crippen LogP) is 1.02. The Balaban J connectivity index is 5.57. The predicted molar refractivity (Wildman–Crippen MR) is 80.0 cm³/mol. The number of carbonyl (C=O) groups excluding carboxylic acids is 4. The minimum absolute atomic E-state index is 0.378. The molecule has 0 heterocycles. The number of ether oxygens (including phenoxy) is 2. The summed E-state index contributed by atoms with van der Waals surface area (Å²) in [5, 5.41) is 0.550. The highest BCUT2D eigenvalue weighted by atomic mass is 16.7. The lowest BCUT2D eigenvalue weighted by Crippen LogP contribution is -2.52. The fourth-order valence-electron chi connectivity index (χ4n) is 1.47. The van der Waals surface area contributed by atoms with Crippen molar-refractivity contribution in [1.82, 2.24) is 5.06 Å². The van der Waals surface area contributed by atoms with Gasteiger partial charge in [0.2, 0.25) is 0 Å². The molecule has 0 rings (SSSR count). The molecule has 0 aromatic heterocycles. The van der Waals surface area contributed by atoms with E-state index in [0.717, 1.165) is 7.11 Å². The van der Waals surface area contributed by atoms with Crippen molar-refractivity contribution < 1.29 is 33.5 Å². The van der Waals surface area contributed by atoms with Crippen LogP contribution < -0.4 is 0 Å². The summed E-state index contributed by atoms with van der Waals surface area (Å²) in [6, 6.07) is -1.38. The topological polar surface area (TPSA) is 99.2 Å². The van der Waals surface area contributed by atoms with Gasteiger partial charge in [-0.1, -0.05) is 0 Å². The molecule has 1 unspecified atom stereocenters. The van der Waals surface area contributed by atoms with Crippen LogP contribution in [0.4, 0.5) is 0 Å². The molecule has 132 valence electrons. The van der Waals surface area contributed by atoms with Crippen LogP contribution in [0.25, 0.3) is 0 Å². The molecule has 0 aliphatic carbocycles. The van der Waals surface area contributed by atoms with Crippen LogP contribution in [0.3, 0.4) is 0 Å². The normalized spacial score (nSPS) is 13.0. The lowest BCUT2D eigenvalue weighted by molar-refractivity contribution is -0.246. The van der Waals surface area contributed by atoms with Crippen molar-refractivity contribution in [2.24, 2.45) is 0 Å². The van der Waals surface area contributed by atoms with Crippen LogP contribution in [-0.2, 0) is 33.5 Å². The molecule has 0 saturated carbocycles. The van der Waals surface area contributed by atoms with E-state index < -0.39 is 35.1 Å². The molecule has 0 radical (unpaired) electrons. The third-order valence-corrected chi connectivity index (χ3v) is 2.22. The van der Waals surface area contributed by atoms with Crippen LogP contribution in [0, 0.1) is 0 Å². The zero-order chi connectivity index (χ0) is 18.4. The largest absolute Gasteiger partial charge is 0.467 e. The van der Waals surface area contributed by atoms with E-state index in [2.05, 4.69) is 4.74 Å². The molecule has 8 nitrogen and oxygen atoms in total. The van der Waals surface area contributed by atoms with Crippen molar-refractivity contribution in [3.8, 4) is 0 Å². The lowest BCUT2D eigenvalue weighted by atomic mass is 10.2. The smallest absolute Gasteiger partial charge is 0.399 e. The van der Waals surface area contributed by atoms with Gasteiger partial charge < -0.3 is 14.3 Å². The summed E-state index contributed by atoms with van der Waals surface area (Å²) in [6.45, 7) is 9.65. The SMILES string of the molecule is COC(=O)C(CC=O)N(OC(C)(C)C)C(=O)C(=O)OC(C)(C)C. The number of nitrogens with zero attached hydrogens (tertiary/aromatic N) is 1. The molecule has 0 aromatic carbocycles. The van der Waals surface area contributed by atoms with Gasteiger partial charge in [0.1, 0.15) is 11.9 Å². The minimum atomic E-state index is -1.38. The summed E-state index contributed by atoms with van der Waals surface area (Å²) in [5.74, 6) is -3.26. The van der Waals surface area contributed by atoms with Gasteiger partial charge in [0.15, 0.2) is 6.04 Å². The maximum absolute atomic E-state index is 12.3. The molecule has 0 aromatic rings. The molecular formula is C15H25NO7. The Labute approximate surface area is 136 Å². The first-order chi connectivity index (χ1) is 10.3. The Morgan fingerprint density at radius 3 is 1.91 bits per heavy atom. The summed E-state index contributed by atoms with van der Waals surface area (Å²) in [7, 11) is 1.10. The van der Waals surface area contributed by atoms with Crippen LogP contribution in [0.15, 0.2) is 0 Å². The molecule has 0 N–H and O–H groups in total. The van der Waals surface area contributed by atoms with E-state index in [1.807, 2.05) is 0 Å². The summed E-state index contributed by atoms with van der Waals surface area (Å²) in [6.07, 6.45) is 0.0558. The maximum atomic E-state index is 12.3. The Morgan fingerprint density at radius 2 is 1.57 bits per heavy atom. The van der Waals surface area contributed by atoms with Crippen LogP contribution >= 0.6 is 0 Å². The molecule has 0 aliphatic rings. The summed E-state index contributed by atoms with van der Waals surface area (Å²) in [5.41, 5.74) is -1.79. The highest BCUT2D eigenvalue weighted by molar-refractivity contribution is 6.32. The second-order valence-corrected chi connectivity index (χ2v) is 6.78. The Bertz CT molecular complexity index is 459. The minimum Gasteiger partial charge on any atom is -0.467 e. The van der Waals surface area contributed by atoms with Gasteiger partial charge in [-0.05, 0) is 41.5 Å². The summed E-state index contributed by atoms with van der Waals surface area (Å²) in [4.78, 5) is 52.3. The zero-order valence-electron chi connectivity index (χ0n) is 14.7. The van der Waals surface area contributed by atoms with Crippen LogP contribution in [0.1, 0.15) is 48.0 Å². The zero-order valence-corrected chi connectivity index (χ0v) is 14.7. The first kappa shape index (κ1) is 21.0. The van der Waals surface area contributed by atoms with Crippen LogP contribution in [0.2, 0.25) is 0 Å². The number of rotatable bonds is 5. The van der Waals surface area contributed by atoms with E-state index in [0.29, 0.717) is 11.3 Å². The number of aldehydes is 1. The van der Waals surface area contributed by atoms with Gasteiger partial charge in [0.25, 0.3) is 0 Å². The lowest BCUT2D eigenvalue weighted by Gasteiger charge is -2.33. The van der Waals surface area contributed by atoms with E-state index in [4.69, 9.17) is 9.57 Å². The van der Waals surface area contributed by atoms with E-state index in [9.17, 15) is 19.2 Å². The van der Waals surface area contributed by atoms with Gasteiger partial charge in [-0.25, -0.2) is 9.59 Å². The standard InChI is InChI=1S/C15H25NO7/c1-14(2,3)22-13(20)11(18)16(23-15(4,5)6)10(8-9-17)12(19)21-7/h9-10H,8H2,1-7H3. The highest BCUT2D eigenvalue weighted by Crippen LogP contribution is 2.18. The van der Waals surface area contributed by atoms with Gasteiger partial charge >= 0.3 is 17.8 Å². The summed E-state index contributed by atoms with van der Waals surface area (Å²) >= 11 is 0. The second-order valence-electron chi connectivity index (χ2n) is 6.78. The summed E-state index contributed by atoms with van der Waals surface area (Å²) < 4.78 is 9.55. The first-order valence-electron chi connectivity index (χ1n) is 7.09. The second kappa shape index (κ2) is 8.05. The van der Waals surface area contributed by atoms with Crippen LogP contribution in [0.5, 0.6) is 0 Å². The number of hydroxylamine groups is 2. The molecule has 0 bridgehead atoms. The van der Waals surface area contributed by atoms with Crippen molar-refractivity contribution in [2.75, 3.05) is 7.11 Å². The fourth-order valence-corrected chi connectivity index (χ4v) is 1.47. The average Bonchev–Trinajstić information content (AvgIpc) is 2.38. The van der Waals surface area contributed by atoms with Gasteiger partial charge in [0.05, 0.1) is 12.7 Å².